The van der Waals surface area contributed by atoms with E-state index < -0.39 is 35.1 Å². The zero-order chi connectivity index (χ0) is 20.9. The van der Waals surface area contributed by atoms with Crippen molar-refractivity contribution >= 4 is 28.7 Å². The SMILES string of the molecule is Cc1nc(C)c(C(=O)C2=C(O)C(=O)N(c3ccc(F)cc3F)C2c2ccco2)s1. The van der Waals surface area contributed by atoms with E-state index in [1.807, 2.05) is 0 Å². The second-order valence-electron chi connectivity index (χ2n) is 6.43. The van der Waals surface area contributed by atoms with Crippen LogP contribution in [0.25, 0.3) is 0 Å². The van der Waals surface area contributed by atoms with Crippen molar-refractivity contribution in [1.82, 2.24) is 4.98 Å². The van der Waals surface area contributed by atoms with Gasteiger partial charge in [-0.25, -0.2) is 13.8 Å². The lowest BCUT2D eigenvalue weighted by atomic mass is 9.99. The highest BCUT2D eigenvalue weighted by Crippen LogP contribution is 2.43. The molecule has 4 rings (SSSR count). The van der Waals surface area contributed by atoms with E-state index in [0.29, 0.717) is 16.8 Å². The first kappa shape index (κ1) is 19.0. The van der Waals surface area contributed by atoms with Crippen LogP contribution >= 0.6 is 11.3 Å². The number of Topliss-reactive ketones (excluding diaryl/α,β-unsaturated/α-hetero) is 1. The van der Waals surface area contributed by atoms with Gasteiger partial charge in [0.2, 0.25) is 5.78 Å². The molecule has 1 aromatic carbocycles. The lowest BCUT2D eigenvalue weighted by Gasteiger charge is -2.25. The molecule has 29 heavy (non-hydrogen) atoms. The van der Waals surface area contributed by atoms with E-state index >= 15 is 0 Å². The molecular weight excluding hydrogens is 402 g/mol. The number of carbonyl (C=O) groups is 2. The van der Waals surface area contributed by atoms with Crippen LogP contribution in [0.5, 0.6) is 0 Å². The summed E-state index contributed by atoms with van der Waals surface area (Å²) in [7, 11) is 0. The molecule has 0 aliphatic carbocycles. The van der Waals surface area contributed by atoms with Gasteiger partial charge in [0.15, 0.2) is 5.76 Å². The fourth-order valence-electron chi connectivity index (χ4n) is 3.34. The fraction of sp³-hybridized carbons (Fsp3) is 0.150. The van der Waals surface area contributed by atoms with Crippen LogP contribution < -0.4 is 4.90 Å². The summed E-state index contributed by atoms with van der Waals surface area (Å²) in [5, 5.41) is 11.2. The molecule has 6 nitrogen and oxygen atoms in total. The quantitative estimate of drug-likeness (QED) is 0.637. The first-order valence-electron chi connectivity index (χ1n) is 8.53. The van der Waals surface area contributed by atoms with Gasteiger partial charge in [-0.15, -0.1) is 11.3 Å². The van der Waals surface area contributed by atoms with Crippen molar-refractivity contribution in [3.63, 3.8) is 0 Å². The number of aliphatic hydroxyl groups excluding tert-OH is 1. The van der Waals surface area contributed by atoms with Crippen molar-refractivity contribution in [3.05, 3.63) is 80.9 Å². The van der Waals surface area contributed by atoms with E-state index in [4.69, 9.17) is 4.42 Å². The molecular formula is C20H14F2N2O4S. The van der Waals surface area contributed by atoms with Crippen LogP contribution in [0.3, 0.4) is 0 Å². The van der Waals surface area contributed by atoms with Crippen LogP contribution in [0.4, 0.5) is 14.5 Å². The van der Waals surface area contributed by atoms with Crippen LogP contribution in [0.2, 0.25) is 0 Å². The number of aryl methyl sites for hydroxylation is 2. The molecule has 0 saturated carbocycles. The summed E-state index contributed by atoms with van der Waals surface area (Å²) in [6.07, 6.45) is 1.33. The number of carbonyl (C=O) groups excluding carboxylic acids is 2. The lowest BCUT2D eigenvalue weighted by molar-refractivity contribution is -0.117. The normalized spacial score (nSPS) is 16.8. The van der Waals surface area contributed by atoms with Crippen molar-refractivity contribution < 1.29 is 27.9 Å². The van der Waals surface area contributed by atoms with Crippen molar-refractivity contribution in [3.8, 4) is 0 Å². The number of furan rings is 1. The molecule has 3 heterocycles. The Morgan fingerprint density at radius 2 is 2.03 bits per heavy atom. The van der Waals surface area contributed by atoms with Crippen LogP contribution in [-0.4, -0.2) is 21.8 Å². The van der Waals surface area contributed by atoms with Crippen molar-refractivity contribution in [2.24, 2.45) is 0 Å². The number of aromatic nitrogens is 1. The summed E-state index contributed by atoms with van der Waals surface area (Å²) in [6.45, 7) is 3.37. The molecule has 0 spiro atoms. The van der Waals surface area contributed by atoms with Crippen LogP contribution in [0.1, 0.15) is 32.2 Å². The number of thiazole rings is 1. The van der Waals surface area contributed by atoms with Gasteiger partial charge in [-0.3, -0.25) is 14.5 Å². The Hall–Kier alpha value is -3.33. The van der Waals surface area contributed by atoms with E-state index in [-0.39, 0.29) is 21.9 Å². The average Bonchev–Trinajstić information content (AvgIpc) is 3.35. The molecule has 1 amide bonds. The number of anilines is 1. The van der Waals surface area contributed by atoms with E-state index in [0.717, 1.165) is 28.4 Å². The van der Waals surface area contributed by atoms with E-state index in [9.17, 15) is 23.5 Å². The maximum Gasteiger partial charge on any atom is 0.294 e. The van der Waals surface area contributed by atoms with Crippen molar-refractivity contribution in [2.45, 2.75) is 19.9 Å². The van der Waals surface area contributed by atoms with Gasteiger partial charge in [-0.1, -0.05) is 0 Å². The minimum atomic E-state index is -1.22. The van der Waals surface area contributed by atoms with Gasteiger partial charge in [0, 0.05) is 6.07 Å². The third-order valence-corrected chi connectivity index (χ3v) is 5.62. The zero-order valence-corrected chi connectivity index (χ0v) is 16.1. The van der Waals surface area contributed by atoms with Crippen molar-refractivity contribution in [2.75, 3.05) is 4.90 Å². The Bertz CT molecular complexity index is 1170. The number of ketones is 1. The minimum absolute atomic E-state index is 0.147. The Balaban J connectivity index is 1.89. The van der Waals surface area contributed by atoms with E-state index in [1.165, 1.54) is 12.3 Å². The van der Waals surface area contributed by atoms with E-state index in [1.54, 1.807) is 19.9 Å². The molecule has 1 atom stereocenters. The highest BCUT2D eigenvalue weighted by molar-refractivity contribution is 7.14. The Morgan fingerprint density at radius 3 is 2.62 bits per heavy atom. The summed E-state index contributed by atoms with van der Waals surface area (Å²) in [4.78, 5) is 31.4. The lowest BCUT2D eigenvalue weighted by Crippen LogP contribution is -2.31. The monoisotopic (exact) mass is 416 g/mol. The third-order valence-electron chi connectivity index (χ3n) is 4.54. The van der Waals surface area contributed by atoms with Crippen LogP contribution in [0.15, 0.2) is 52.3 Å². The van der Waals surface area contributed by atoms with Gasteiger partial charge in [-0.05, 0) is 38.1 Å². The van der Waals surface area contributed by atoms with Crippen LogP contribution in [0, 0.1) is 25.5 Å². The average molecular weight is 416 g/mol. The zero-order valence-electron chi connectivity index (χ0n) is 15.3. The summed E-state index contributed by atoms with van der Waals surface area (Å²) in [5.74, 6) is -4.10. The number of aliphatic hydroxyl groups is 1. The molecule has 0 saturated heterocycles. The predicted molar refractivity (Wildman–Crippen MR) is 101 cm³/mol. The first-order chi connectivity index (χ1) is 13.8. The van der Waals surface area contributed by atoms with Gasteiger partial charge >= 0.3 is 0 Å². The smallest absolute Gasteiger partial charge is 0.294 e. The molecule has 0 fully saturated rings. The molecule has 1 unspecified atom stereocenters. The van der Waals surface area contributed by atoms with Gasteiger partial charge in [0.25, 0.3) is 5.91 Å². The van der Waals surface area contributed by atoms with E-state index in [2.05, 4.69) is 4.98 Å². The van der Waals surface area contributed by atoms with Crippen LogP contribution in [-0.2, 0) is 4.79 Å². The number of nitrogens with zero attached hydrogens (tertiary/aromatic N) is 2. The predicted octanol–water partition coefficient (Wildman–Crippen LogP) is 4.41. The Morgan fingerprint density at radius 1 is 1.28 bits per heavy atom. The molecule has 3 aromatic rings. The molecule has 9 heteroatoms. The maximum absolute atomic E-state index is 14.5. The highest BCUT2D eigenvalue weighted by Gasteiger charge is 2.47. The molecule has 1 aliphatic heterocycles. The summed E-state index contributed by atoms with van der Waals surface area (Å²) in [6, 6.07) is 4.50. The van der Waals surface area contributed by atoms with Crippen molar-refractivity contribution in [1.29, 1.82) is 0 Å². The second-order valence-corrected chi connectivity index (χ2v) is 7.63. The fourth-order valence-corrected chi connectivity index (χ4v) is 4.22. The number of halogens is 2. The number of rotatable bonds is 4. The second kappa shape index (κ2) is 6.93. The molecule has 2 aromatic heterocycles. The standard InChI is InChI=1S/C20H14F2N2O4S/c1-9-19(29-10(2)23-9)17(25)15-16(14-4-3-7-28-14)24(20(27)18(15)26)13-6-5-11(21)8-12(13)22/h3-8,16,26H,1-2H3. The molecule has 1 aliphatic rings. The molecule has 148 valence electrons. The first-order valence-corrected chi connectivity index (χ1v) is 9.35. The van der Waals surface area contributed by atoms with Gasteiger partial charge in [0.05, 0.1) is 33.1 Å². The summed E-state index contributed by atoms with van der Waals surface area (Å²) >= 11 is 1.12. The number of hydrogen-bond acceptors (Lipinski definition) is 6. The Labute approximate surface area is 167 Å². The maximum atomic E-state index is 14.5. The summed E-state index contributed by atoms with van der Waals surface area (Å²) < 4.78 is 33.2. The largest absolute Gasteiger partial charge is 0.503 e. The van der Waals surface area contributed by atoms with Gasteiger partial charge in [-0.2, -0.15) is 0 Å². The highest BCUT2D eigenvalue weighted by atomic mass is 32.1. The molecule has 0 bridgehead atoms. The number of amides is 1. The minimum Gasteiger partial charge on any atom is -0.503 e. The number of hydrogen-bond donors (Lipinski definition) is 1. The molecule has 0 radical (unpaired) electrons. The summed E-state index contributed by atoms with van der Waals surface area (Å²) in [5.41, 5.74) is -0.0837. The topological polar surface area (TPSA) is 83.6 Å². The third kappa shape index (κ3) is 3.03. The molecule has 1 N–H and O–H groups in total. The Kier molecular flexibility index (Phi) is 4.54. The van der Waals surface area contributed by atoms with Gasteiger partial charge < -0.3 is 9.52 Å². The van der Waals surface area contributed by atoms with Gasteiger partial charge in [0.1, 0.15) is 23.4 Å². The number of benzene rings is 1.